The summed E-state index contributed by atoms with van der Waals surface area (Å²) in [6.45, 7) is 5.33. The Balaban J connectivity index is 2.77. The molecule has 5 nitrogen and oxygen atoms in total. The Morgan fingerprint density at radius 1 is 1.25 bits per heavy atom. The van der Waals surface area contributed by atoms with Crippen LogP contribution in [0.15, 0.2) is 16.9 Å². The van der Waals surface area contributed by atoms with Crippen LogP contribution in [-0.2, 0) is 16.1 Å². The van der Waals surface area contributed by atoms with E-state index in [1.54, 1.807) is 13.0 Å². The van der Waals surface area contributed by atoms with Crippen molar-refractivity contribution in [3.05, 3.63) is 33.7 Å². The van der Waals surface area contributed by atoms with Gasteiger partial charge in [0, 0.05) is 5.69 Å². The molecule has 1 rings (SSSR count). The maximum absolute atomic E-state index is 12.1. The molecule has 0 radical (unpaired) electrons. The van der Waals surface area contributed by atoms with Gasteiger partial charge in [-0.05, 0) is 32.4 Å². The van der Waals surface area contributed by atoms with E-state index in [0.717, 1.165) is 19.3 Å². The van der Waals surface area contributed by atoms with Crippen LogP contribution in [-0.4, -0.2) is 22.9 Å². The number of rotatable bonds is 7. The zero-order valence-corrected chi connectivity index (χ0v) is 12.3. The zero-order valence-electron chi connectivity index (χ0n) is 12.3. The third-order valence-electron chi connectivity index (χ3n) is 3.07. The first-order valence-corrected chi connectivity index (χ1v) is 6.84. The Hall–Kier alpha value is -1.91. The van der Waals surface area contributed by atoms with Crippen LogP contribution in [0.2, 0.25) is 0 Å². The first-order valence-electron chi connectivity index (χ1n) is 6.84. The lowest BCUT2D eigenvalue weighted by Gasteiger charge is -2.11. The van der Waals surface area contributed by atoms with Gasteiger partial charge in [-0.15, -0.1) is 0 Å². The van der Waals surface area contributed by atoms with Crippen molar-refractivity contribution in [2.45, 2.75) is 46.6 Å². The molecule has 0 atom stereocenters. The summed E-state index contributed by atoms with van der Waals surface area (Å²) >= 11 is 0. The summed E-state index contributed by atoms with van der Waals surface area (Å²) in [5, 5.41) is 0. The molecule has 0 fully saturated rings. The highest BCUT2D eigenvalue weighted by Crippen LogP contribution is 2.01. The Kier molecular flexibility index (Phi) is 6.15. The quantitative estimate of drug-likeness (QED) is 0.435. The topological polar surface area (TPSA) is 65.4 Å². The molecular formula is C15H21NO4. The Morgan fingerprint density at radius 2 is 1.95 bits per heavy atom. The van der Waals surface area contributed by atoms with Crippen molar-refractivity contribution in [1.82, 2.24) is 4.57 Å². The molecule has 110 valence electrons. The van der Waals surface area contributed by atoms with Crippen molar-refractivity contribution in [2.75, 3.05) is 6.61 Å². The summed E-state index contributed by atoms with van der Waals surface area (Å²) in [6, 6.07) is 3.14. The Bertz CT molecular complexity index is 545. The molecule has 0 saturated heterocycles. The van der Waals surface area contributed by atoms with E-state index >= 15 is 0 Å². The van der Waals surface area contributed by atoms with Gasteiger partial charge in [-0.1, -0.05) is 19.8 Å². The lowest BCUT2D eigenvalue weighted by Crippen LogP contribution is -2.30. The molecule has 0 aromatic carbocycles. The monoisotopic (exact) mass is 279 g/mol. The van der Waals surface area contributed by atoms with Gasteiger partial charge in [-0.3, -0.25) is 14.4 Å². The number of hydrogen-bond donors (Lipinski definition) is 0. The predicted octanol–water partition coefficient (Wildman–Crippen LogP) is 2.09. The summed E-state index contributed by atoms with van der Waals surface area (Å²) in [6.07, 6.45) is 2.88. The number of pyridine rings is 1. The largest absolute Gasteiger partial charge is 0.464 e. The standard InChI is InChI=1S/C15H21NO4/c1-4-5-6-9-20-14(18)10-16-11(2)7-8-13(12(3)17)15(16)19/h7-8H,4-6,9-10H2,1-3H3. The lowest BCUT2D eigenvalue weighted by molar-refractivity contribution is -0.144. The average molecular weight is 279 g/mol. The second-order valence-electron chi connectivity index (χ2n) is 4.76. The van der Waals surface area contributed by atoms with E-state index < -0.39 is 11.5 Å². The van der Waals surface area contributed by atoms with Gasteiger partial charge >= 0.3 is 5.97 Å². The number of aryl methyl sites for hydroxylation is 1. The van der Waals surface area contributed by atoms with E-state index in [-0.39, 0.29) is 17.9 Å². The van der Waals surface area contributed by atoms with Crippen molar-refractivity contribution in [3.63, 3.8) is 0 Å². The highest BCUT2D eigenvalue weighted by atomic mass is 16.5. The molecule has 0 bridgehead atoms. The number of nitrogens with zero attached hydrogens (tertiary/aromatic N) is 1. The highest BCUT2D eigenvalue weighted by molar-refractivity contribution is 5.93. The molecule has 0 unspecified atom stereocenters. The number of carbonyl (C=O) groups is 2. The SMILES string of the molecule is CCCCCOC(=O)Cn1c(C)ccc(C(C)=O)c1=O. The maximum atomic E-state index is 12.1. The third kappa shape index (κ3) is 4.33. The molecule has 1 aromatic heterocycles. The molecule has 1 heterocycles. The second-order valence-corrected chi connectivity index (χ2v) is 4.76. The molecule has 0 saturated carbocycles. The Labute approximate surface area is 118 Å². The predicted molar refractivity (Wildman–Crippen MR) is 75.9 cm³/mol. The number of carbonyl (C=O) groups excluding carboxylic acids is 2. The fourth-order valence-corrected chi connectivity index (χ4v) is 1.85. The first kappa shape index (κ1) is 16.1. The number of ether oxygens (including phenoxy) is 1. The molecule has 0 spiro atoms. The molecule has 0 aliphatic rings. The summed E-state index contributed by atoms with van der Waals surface area (Å²) in [5.41, 5.74) is 0.280. The summed E-state index contributed by atoms with van der Waals surface area (Å²) in [4.78, 5) is 35.1. The molecule has 1 aromatic rings. The van der Waals surface area contributed by atoms with Gasteiger partial charge in [0.05, 0.1) is 12.2 Å². The van der Waals surface area contributed by atoms with E-state index in [9.17, 15) is 14.4 Å². The number of hydrogen-bond acceptors (Lipinski definition) is 4. The average Bonchev–Trinajstić information content (AvgIpc) is 2.39. The maximum Gasteiger partial charge on any atom is 0.326 e. The van der Waals surface area contributed by atoms with Crippen LogP contribution >= 0.6 is 0 Å². The summed E-state index contributed by atoms with van der Waals surface area (Å²) in [7, 11) is 0. The van der Waals surface area contributed by atoms with Crippen molar-refractivity contribution >= 4 is 11.8 Å². The van der Waals surface area contributed by atoms with Gasteiger partial charge in [-0.2, -0.15) is 0 Å². The lowest BCUT2D eigenvalue weighted by atomic mass is 10.2. The van der Waals surface area contributed by atoms with Gasteiger partial charge in [0.15, 0.2) is 5.78 Å². The van der Waals surface area contributed by atoms with Gasteiger partial charge in [0.1, 0.15) is 6.54 Å². The first-order chi connectivity index (χ1) is 9.47. The van der Waals surface area contributed by atoms with E-state index in [4.69, 9.17) is 4.74 Å². The molecule has 0 amide bonds. The minimum Gasteiger partial charge on any atom is -0.464 e. The Morgan fingerprint density at radius 3 is 2.55 bits per heavy atom. The van der Waals surface area contributed by atoms with Crippen LogP contribution in [0.25, 0.3) is 0 Å². The molecule has 5 heteroatoms. The van der Waals surface area contributed by atoms with Crippen molar-refractivity contribution < 1.29 is 14.3 Å². The normalized spacial score (nSPS) is 10.3. The smallest absolute Gasteiger partial charge is 0.326 e. The molecular weight excluding hydrogens is 258 g/mol. The molecule has 0 aliphatic heterocycles. The number of unbranched alkanes of at least 4 members (excludes halogenated alkanes) is 2. The van der Waals surface area contributed by atoms with Crippen LogP contribution in [0.3, 0.4) is 0 Å². The van der Waals surface area contributed by atoms with Crippen LogP contribution in [0, 0.1) is 6.92 Å². The summed E-state index contributed by atoms with van der Waals surface area (Å²) < 4.78 is 6.35. The number of Topliss-reactive ketones (excluding diaryl/α,β-unsaturated/α-hetero) is 1. The fourth-order valence-electron chi connectivity index (χ4n) is 1.85. The third-order valence-corrected chi connectivity index (χ3v) is 3.07. The minimum absolute atomic E-state index is 0.0920. The van der Waals surface area contributed by atoms with Crippen LogP contribution in [0.4, 0.5) is 0 Å². The van der Waals surface area contributed by atoms with Gasteiger partial charge in [0.25, 0.3) is 5.56 Å². The van der Waals surface area contributed by atoms with Crippen molar-refractivity contribution in [1.29, 1.82) is 0 Å². The van der Waals surface area contributed by atoms with Gasteiger partial charge in [-0.25, -0.2) is 0 Å². The van der Waals surface area contributed by atoms with Crippen LogP contribution in [0.5, 0.6) is 0 Å². The zero-order chi connectivity index (χ0) is 15.1. The minimum atomic E-state index is -0.452. The summed E-state index contributed by atoms with van der Waals surface area (Å²) in [5.74, 6) is -0.757. The van der Waals surface area contributed by atoms with E-state index in [1.165, 1.54) is 17.6 Å². The highest BCUT2D eigenvalue weighted by Gasteiger charge is 2.13. The van der Waals surface area contributed by atoms with Gasteiger partial charge < -0.3 is 9.30 Å². The number of esters is 1. The van der Waals surface area contributed by atoms with E-state index in [2.05, 4.69) is 6.92 Å². The van der Waals surface area contributed by atoms with Gasteiger partial charge in [0.2, 0.25) is 0 Å². The van der Waals surface area contributed by atoms with Crippen LogP contribution < -0.4 is 5.56 Å². The molecule has 20 heavy (non-hydrogen) atoms. The van der Waals surface area contributed by atoms with E-state index in [1.807, 2.05) is 0 Å². The van der Waals surface area contributed by atoms with E-state index in [0.29, 0.717) is 12.3 Å². The molecule has 0 aliphatic carbocycles. The van der Waals surface area contributed by atoms with Crippen LogP contribution in [0.1, 0.15) is 49.2 Å². The fraction of sp³-hybridized carbons (Fsp3) is 0.533. The number of aromatic nitrogens is 1. The van der Waals surface area contributed by atoms with Crippen molar-refractivity contribution in [2.24, 2.45) is 0 Å². The second kappa shape index (κ2) is 7.62. The van der Waals surface area contributed by atoms with Crippen molar-refractivity contribution in [3.8, 4) is 0 Å². The number of ketones is 1. The molecule has 0 N–H and O–H groups in total.